The number of nitrogens with zero attached hydrogens (tertiary/aromatic N) is 2. The topological polar surface area (TPSA) is 36.4 Å². The van der Waals surface area contributed by atoms with E-state index in [1.54, 1.807) is 24.3 Å². The van der Waals surface area contributed by atoms with Crippen LogP contribution in [0.2, 0.25) is 10.0 Å². The Kier molecular flexibility index (Phi) is 3.68. The second-order valence-electron chi connectivity index (χ2n) is 4.40. The number of benzene rings is 2. The van der Waals surface area contributed by atoms with E-state index >= 15 is 0 Å². The Bertz CT molecular complexity index is 826. The summed E-state index contributed by atoms with van der Waals surface area (Å²) in [6, 6.07) is 10.7. The van der Waals surface area contributed by atoms with E-state index < -0.39 is 5.82 Å². The molecule has 1 heterocycles. The van der Waals surface area contributed by atoms with Crippen molar-refractivity contribution in [1.29, 1.82) is 0 Å². The van der Waals surface area contributed by atoms with Crippen molar-refractivity contribution in [3.05, 3.63) is 64.5 Å². The van der Waals surface area contributed by atoms with Crippen molar-refractivity contribution in [1.82, 2.24) is 4.98 Å². The highest BCUT2D eigenvalue weighted by molar-refractivity contribution is 6.31. The van der Waals surface area contributed by atoms with Gasteiger partial charge in [0.15, 0.2) is 5.82 Å². The van der Waals surface area contributed by atoms with Crippen LogP contribution in [0.1, 0.15) is 0 Å². The Hall–Kier alpha value is -1.88. The highest BCUT2D eigenvalue weighted by atomic mass is 35.5. The fraction of sp³-hybridized carbons (Fsp3) is 0. The molecule has 1 N–H and O–H groups in total. The molecule has 0 aliphatic rings. The standard InChI is InChI=1S/C15H9Cl2FN2O/c16-9-2-4-15(12(18)7-9)20(21)14-5-6-19-13-8-10(17)1-3-11(13)14/h1-8,21H. The molecule has 0 saturated heterocycles. The van der Waals surface area contributed by atoms with Crippen molar-refractivity contribution < 1.29 is 9.60 Å². The molecular formula is C15H9Cl2FN2O. The molecule has 0 fully saturated rings. The van der Waals surface area contributed by atoms with Gasteiger partial charge in [-0.15, -0.1) is 0 Å². The normalized spacial score (nSPS) is 10.9. The third kappa shape index (κ3) is 2.65. The smallest absolute Gasteiger partial charge is 0.150 e. The van der Waals surface area contributed by atoms with E-state index in [1.807, 2.05) is 0 Å². The molecule has 0 atom stereocenters. The Balaban J connectivity index is 2.15. The monoisotopic (exact) mass is 322 g/mol. The Morgan fingerprint density at radius 2 is 1.67 bits per heavy atom. The van der Waals surface area contributed by atoms with Crippen LogP contribution in [0.5, 0.6) is 0 Å². The first-order valence-corrected chi connectivity index (χ1v) is 6.80. The quantitative estimate of drug-likeness (QED) is 0.658. The predicted octanol–water partition coefficient (Wildman–Crippen LogP) is 5.21. The van der Waals surface area contributed by atoms with E-state index in [2.05, 4.69) is 4.98 Å². The minimum atomic E-state index is -0.621. The zero-order valence-corrected chi connectivity index (χ0v) is 12.1. The van der Waals surface area contributed by atoms with Gasteiger partial charge in [0.1, 0.15) is 5.69 Å². The number of hydrogen-bond acceptors (Lipinski definition) is 3. The predicted molar refractivity (Wildman–Crippen MR) is 82.1 cm³/mol. The Labute approximate surface area is 130 Å². The minimum absolute atomic E-state index is 0.00171. The van der Waals surface area contributed by atoms with E-state index in [0.29, 0.717) is 21.6 Å². The zero-order valence-electron chi connectivity index (χ0n) is 10.6. The van der Waals surface area contributed by atoms with E-state index in [9.17, 15) is 9.60 Å². The number of halogens is 3. The molecule has 106 valence electrons. The molecule has 3 aromatic rings. The number of pyridine rings is 1. The van der Waals surface area contributed by atoms with Crippen LogP contribution in [0.25, 0.3) is 10.9 Å². The van der Waals surface area contributed by atoms with Crippen LogP contribution in [-0.4, -0.2) is 10.2 Å². The molecule has 2 aromatic carbocycles. The van der Waals surface area contributed by atoms with Gasteiger partial charge in [-0.2, -0.15) is 0 Å². The number of fused-ring (bicyclic) bond motifs is 1. The Morgan fingerprint density at radius 1 is 0.952 bits per heavy atom. The summed E-state index contributed by atoms with van der Waals surface area (Å²) in [5.41, 5.74) is 1.01. The van der Waals surface area contributed by atoms with Crippen molar-refractivity contribution in [3.63, 3.8) is 0 Å². The molecule has 3 rings (SSSR count). The van der Waals surface area contributed by atoms with E-state index in [0.717, 1.165) is 11.1 Å². The van der Waals surface area contributed by atoms with E-state index in [4.69, 9.17) is 23.2 Å². The summed E-state index contributed by atoms with van der Waals surface area (Å²) in [6.07, 6.45) is 1.52. The lowest BCUT2D eigenvalue weighted by molar-refractivity contribution is 0.298. The number of aromatic nitrogens is 1. The average molecular weight is 323 g/mol. The lowest BCUT2D eigenvalue weighted by Crippen LogP contribution is -2.12. The highest BCUT2D eigenvalue weighted by Crippen LogP contribution is 2.33. The molecule has 0 radical (unpaired) electrons. The van der Waals surface area contributed by atoms with Crippen molar-refractivity contribution in [3.8, 4) is 0 Å². The third-order valence-corrected chi connectivity index (χ3v) is 3.52. The van der Waals surface area contributed by atoms with Gasteiger partial charge < -0.3 is 0 Å². The largest absolute Gasteiger partial charge is 0.283 e. The van der Waals surface area contributed by atoms with E-state index in [1.165, 1.54) is 18.3 Å². The summed E-state index contributed by atoms with van der Waals surface area (Å²) in [5, 5.41) is 12.5. The van der Waals surface area contributed by atoms with Crippen molar-refractivity contribution in [2.24, 2.45) is 0 Å². The first-order valence-electron chi connectivity index (χ1n) is 6.04. The van der Waals surface area contributed by atoms with Crippen LogP contribution in [0.15, 0.2) is 48.7 Å². The third-order valence-electron chi connectivity index (χ3n) is 3.05. The van der Waals surface area contributed by atoms with Gasteiger partial charge in [0, 0.05) is 21.6 Å². The summed E-state index contributed by atoms with van der Waals surface area (Å²) in [6.45, 7) is 0. The summed E-state index contributed by atoms with van der Waals surface area (Å²) in [7, 11) is 0. The summed E-state index contributed by atoms with van der Waals surface area (Å²) in [5.74, 6) is -0.621. The first kappa shape index (κ1) is 14.1. The van der Waals surface area contributed by atoms with Crippen molar-refractivity contribution >= 4 is 45.5 Å². The second-order valence-corrected chi connectivity index (χ2v) is 5.27. The first-order chi connectivity index (χ1) is 10.1. The van der Waals surface area contributed by atoms with Gasteiger partial charge in [0.05, 0.1) is 11.2 Å². The second kappa shape index (κ2) is 5.48. The molecule has 0 amide bonds. The molecule has 0 spiro atoms. The lowest BCUT2D eigenvalue weighted by atomic mass is 10.1. The van der Waals surface area contributed by atoms with Crippen molar-refractivity contribution in [2.45, 2.75) is 0 Å². The zero-order chi connectivity index (χ0) is 15.0. The van der Waals surface area contributed by atoms with Gasteiger partial charge in [0.2, 0.25) is 0 Å². The SMILES string of the molecule is ON(c1ccc(Cl)cc1F)c1ccnc2cc(Cl)ccc12. The maximum absolute atomic E-state index is 13.9. The van der Waals surface area contributed by atoms with Crippen LogP contribution in [0.4, 0.5) is 15.8 Å². The summed E-state index contributed by atoms with van der Waals surface area (Å²) in [4.78, 5) is 4.18. The molecule has 0 bridgehead atoms. The molecular weight excluding hydrogens is 314 g/mol. The maximum atomic E-state index is 13.9. The van der Waals surface area contributed by atoms with Crippen LogP contribution in [-0.2, 0) is 0 Å². The van der Waals surface area contributed by atoms with Crippen LogP contribution in [0.3, 0.4) is 0 Å². The molecule has 0 aliphatic heterocycles. The molecule has 21 heavy (non-hydrogen) atoms. The molecule has 3 nitrogen and oxygen atoms in total. The molecule has 0 aliphatic carbocycles. The van der Waals surface area contributed by atoms with Crippen molar-refractivity contribution in [2.75, 3.05) is 5.06 Å². The van der Waals surface area contributed by atoms with E-state index in [-0.39, 0.29) is 10.7 Å². The highest BCUT2D eigenvalue weighted by Gasteiger charge is 2.15. The number of anilines is 2. The van der Waals surface area contributed by atoms with Gasteiger partial charge in [-0.25, -0.2) is 9.45 Å². The average Bonchev–Trinajstić information content (AvgIpc) is 2.45. The minimum Gasteiger partial charge on any atom is -0.283 e. The summed E-state index contributed by atoms with van der Waals surface area (Å²) >= 11 is 11.6. The summed E-state index contributed by atoms with van der Waals surface area (Å²) < 4.78 is 13.9. The Morgan fingerprint density at radius 3 is 2.43 bits per heavy atom. The number of hydrogen-bond donors (Lipinski definition) is 1. The molecule has 1 aromatic heterocycles. The van der Waals surface area contributed by atoms with Gasteiger partial charge in [-0.05, 0) is 42.5 Å². The van der Waals surface area contributed by atoms with Gasteiger partial charge in [-0.1, -0.05) is 23.2 Å². The molecule has 6 heteroatoms. The van der Waals surface area contributed by atoms with Gasteiger partial charge >= 0.3 is 0 Å². The fourth-order valence-corrected chi connectivity index (χ4v) is 2.40. The number of rotatable bonds is 2. The fourth-order valence-electron chi connectivity index (χ4n) is 2.07. The maximum Gasteiger partial charge on any atom is 0.150 e. The molecule has 0 unspecified atom stereocenters. The van der Waals surface area contributed by atoms with Gasteiger partial charge in [-0.3, -0.25) is 10.2 Å². The lowest BCUT2D eigenvalue weighted by Gasteiger charge is -2.19. The van der Waals surface area contributed by atoms with Crippen LogP contribution < -0.4 is 5.06 Å². The van der Waals surface area contributed by atoms with Crippen LogP contribution >= 0.6 is 23.2 Å². The van der Waals surface area contributed by atoms with Gasteiger partial charge in [0.25, 0.3) is 0 Å². The van der Waals surface area contributed by atoms with Crippen LogP contribution in [0, 0.1) is 5.82 Å². The molecule has 0 saturated carbocycles.